The molecule has 7 nitrogen and oxygen atoms in total. The smallest absolute Gasteiger partial charge is 0.641 e. The summed E-state index contributed by atoms with van der Waals surface area (Å²) in [7, 11) is -4.71. The number of fused-ring (bicyclic) bond motifs is 4. The van der Waals surface area contributed by atoms with E-state index in [4.69, 9.17) is 14.0 Å². The molecule has 2 saturated heterocycles. The molecule has 3 aliphatic heterocycles. The lowest BCUT2D eigenvalue weighted by molar-refractivity contribution is -0.547. The second-order valence-corrected chi connectivity index (χ2v) is 12.4. The molecule has 206 valence electrons. The van der Waals surface area contributed by atoms with Crippen molar-refractivity contribution in [2.24, 2.45) is 27.2 Å². The van der Waals surface area contributed by atoms with E-state index in [9.17, 15) is 18.5 Å². The molecule has 1 N–H and O–H groups in total. The van der Waals surface area contributed by atoms with Crippen molar-refractivity contribution in [2.45, 2.75) is 51.7 Å². The lowest BCUT2D eigenvalue weighted by atomic mass is 9.39. The van der Waals surface area contributed by atoms with E-state index in [0.29, 0.717) is 26.1 Å². The summed E-state index contributed by atoms with van der Waals surface area (Å²) in [4.78, 5) is 19.6. The molecule has 5 atom stereocenters. The highest BCUT2D eigenvalue weighted by atomic mass is 32.2. The highest BCUT2D eigenvalue weighted by Crippen LogP contribution is 2.67. The lowest BCUT2D eigenvalue weighted by Crippen LogP contribution is -2.75. The predicted octanol–water partition coefficient (Wildman–Crippen LogP) is 4.27. The molecule has 0 aromatic carbocycles. The van der Waals surface area contributed by atoms with Crippen LogP contribution >= 0.6 is 11.8 Å². The van der Waals surface area contributed by atoms with Crippen LogP contribution in [0.1, 0.15) is 39.5 Å². The number of thioether (sulfide) groups is 1. The number of hydrogen-bond donors (Lipinski definition) is 1. The number of amidine groups is 1. The highest BCUT2D eigenvalue weighted by Gasteiger charge is 2.73. The average molecular weight is 548 g/mol. The number of Topliss-reactive ketones (excluding diaryl/α,β-unsaturated/α-hetero) is 1. The van der Waals surface area contributed by atoms with Crippen molar-refractivity contribution in [2.75, 3.05) is 26.3 Å². The summed E-state index contributed by atoms with van der Waals surface area (Å²) in [6.07, 6.45) is 7.04. The quantitative estimate of drug-likeness (QED) is 0.314. The molecule has 0 radical (unpaired) electrons. The number of nitrogens with zero attached hydrogens (tertiary/aromatic N) is 2. The van der Waals surface area contributed by atoms with Crippen LogP contribution in [0.2, 0.25) is 0 Å². The van der Waals surface area contributed by atoms with Crippen LogP contribution in [0.4, 0.5) is 8.63 Å². The van der Waals surface area contributed by atoms with Crippen molar-refractivity contribution in [1.29, 1.82) is 0 Å². The molecule has 0 spiro atoms. The van der Waals surface area contributed by atoms with Crippen molar-refractivity contribution >= 4 is 36.0 Å². The molecule has 3 unspecified atom stereocenters. The zero-order valence-electron chi connectivity index (χ0n) is 21.9. The fourth-order valence-corrected chi connectivity index (χ4v) is 7.95. The first-order valence-corrected chi connectivity index (χ1v) is 14.0. The maximum atomic E-state index is 15.0. The molecule has 2 aliphatic carbocycles. The van der Waals surface area contributed by atoms with E-state index >= 15 is 0 Å². The van der Waals surface area contributed by atoms with E-state index in [-0.39, 0.29) is 24.4 Å². The minimum atomic E-state index is -4.71. The monoisotopic (exact) mass is 548 g/mol. The SMILES string of the molecule is C=CC[C@@]12CCC(C)(C)[C@@](CC=C)(C(=O)C3/C(=C/C=C4\C=NC(=[N+]5CCOCC5)S4)O[B-](F)(F)OC31)C2O. The minimum Gasteiger partial charge on any atom is -0.641 e. The summed E-state index contributed by atoms with van der Waals surface area (Å²) in [5.74, 6) is -1.57. The van der Waals surface area contributed by atoms with Crippen LogP contribution in [0.15, 0.2) is 53.1 Å². The van der Waals surface area contributed by atoms with Crippen molar-refractivity contribution in [3.63, 3.8) is 0 Å². The number of aliphatic imine (C=N–C) groups is 1. The molecule has 3 heterocycles. The Hall–Kier alpha value is -2.08. The molecule has 0 amide bonds. The van der Waals surface area contributed by atoms with Gasteiger partial charge >= 0.3 is 12.3 Å². The fourth-order valence-electron chi connectivity index (χ4n) is 7.08. The van der Waals surface area contributed by atoms with E-state index < -0.39 is 41.5 Å². The van der Waals surface area contributed by atoms with Gasteiger partial charge in [0.2, 0.25) is 0 Å². The van der Waals surface area contributed by atoms with Crippen LogP contribution in [0.5, 0.6) is 0 Å². The fraction of sp³-hybridized carbons (Fsp3) is 0.593. The van der Waals surface area contributed by atoms with Gasteiger partial charge in [0.05, 0.1) is 41.3 Å². The van der Waals surface area contributed by atoms with Gasteiger partial charge in [0.25, 0.3) is 0 Å². The second-order valence-electron chi connectivity index (χ2n) is 11.4. The summed E-state index contributed by atoms with van der Waals surface area (Å²) in [6, 6.07) is 0. The number of ketones is 1. The van der Waals surface area contributed by atoms with Gasteiger partial charge in [-0.15, -0.1) is 13.2 Å². The Morgan fingerprint density at radius 1 is 1.21 bits per heavy atom. The van der Waals surface area contributed by atoms with Gasteiger partial charge in [-0.2, -0.15) is 0 Å². The second kappa shape index (κ2) is 9.84. The lowest BCUT2D eigenvalue weighted by Gasteiger charge is -2.68. The third-order valence-electron chi connectivity index (χ3n) is 9.11. The van der Waals surface area contributed by atoms with Crippen molar-refractivity contribution in [1.82, 2.24) is 0 Å². The van der Waals surface area contributed by atoms with Crippen LogP contribution in [0, 0.1) is 22.2 Å². The number of rotatable bonds is 5. The Bertz CT molecular complexity index is 1160. The van der Waals surface area contributed by atoms with Gasteiger partial charge in [0.1, 0.15) is 13.1 Å². The van der Waals surface area contributed by atoms with Crippen molar-refractivity contribution in [3.05, 3.63) is 48.1 Å². The molecule has 11 heteroatoms. The maximum absolute atomic E-state index is 15.0. The third-order valence-corrected chi connectivity index (χ3v) is 10.1. The number of ether oxygens (including phenoxy) is 1. The Morgan fingerprint density at radius 3 is 2.61 bits per heavy atom. The van der Waals surface area contributed by atoms with Crippen molar-refractivity contribution < 1.29 is 37.2 Å². The number of morpholine rings is 1. The average Bonchev–Trinajstić information content (AvgIpc) is 3.35. The molecule has 0 aromatic rings. The molecule has 5 rings (SSSR count). The van der Waals surface area contributed by atoms with E-state index in [0.717, 1.165) is 23.2 Å². The van der Waals surface area contributed by atoms with Crippen LogP contribution in [-0.4, -0.2) is 72.5 Å². The molecule has 2 saturated carbocycles. The summed E-state index contributed by atoms with van der Waals surface area (Å²) >= 11 is 1.43. The van der Waals surface area contributed by atoms with Crippen LogP contribution < -0.4 is 0 Å². The van der Waals surface area contributed by atoms with Crippen LogP contribution in [0.25, 0.3) is 0 Å². The largest absolute Gasteiger partial charge is 0.663 e. The van der Waals surface area contributed by atoms with Gasteiger partial charge in [-0.1, -0.05) is 26.0 Å². The third kappa shape index (κ3) is 4.17. The summed E-state index contributed by atoms with van der Waals surface area (Å²) < 4.78 is 47.9. The summed E-state index contributed by atoms with van der Waals surface area (Å²) in [6.45, 7) is 14.3. The minimum absolute atomic E-state index is 0.135. The number of allylic oxidation sites excluding steroid dienone is 5. The Morgan fingerprint density at radius 2 is 1.92 bits per heavy atom. The molecular formula is C27H35BF2N2O5S. The normalized spacial score (nSPS) is 39.7. The molecular weight excluding hydrogens is 513 g/mol. The number of hydrogen-bond acceptors (Lipinski definition) is 6. The Labute approximate surface area is 226 Å². The molecule has 0 aromatic heterocycles. The number of aliphatic hydroxyl groups is 1. The molecule has 4 fully saturated rings. The van der Waals surface area contributed by atoms with Crippen LogP contribution in [-0.2, 0) is 18.8 Å². The highest BCUT2D eigenvalue weighted by molar-refractivity contribution is 8.18. The van der Waals surface area contributed by atoms with Gasteiger partial charge in [0, 0.05) is 23.3 Å². The number of aliphatic hydroxyl groups excluding tert-OH is 1. The zero-order valence-corrected chi connectivity index (χ0v) is 22.7. The van der Waals surface area contributed by atoms with E-state index in [1.165, 1.54) is 17.8 Å². The van der Waals surface area contributed by atoms with E-state index in [2.05, 4.69) is 22.7 Å². The molecule has 2 bridgehead atoms. The van der Waals surface area contributed by atoms with Gasteiger partial charge in [-0.25, -0.2) is 4.58 Å². The number of carbonyl (C=O) groups is 1. The predicted molar refractivity (Wildman–Crippen MR) is 144 cm³/mol. The maximum Gasteiger partial charge on any atom is 0.663 e. The Balaban J connectivity index is 1.58. The number of carbonyl (C=O) groups excluding carboxylic acids is 1. The van der Waals surface area contributed by atoms with Crippen molar-refractivity contribution in [3.8, 4) is 0 Å². The van der Waals surface area contributed by atoms with Gasteiger partial charge < -0.3 is 27.8 Å². The summed E-state index contributed by atoms with van der Waals surface area (Å²) in [5, 5.41) is 12.7. The zero-order chi connectivity index (χ0) is 27.3. The van der Waals surface area contributed by atoms with Gasteiger partial charge in [0.15, 0.2) is 12.0 Å². The topological polar surface area (TPSA) is 80.4 Å². The summed E-state index contributed by atoms with van der Waals surface area (Å²) in [5.41, 5.74) is -2.94. The first-order chi connectivity index (χ1) is 18.0. The number of halogens is 2. The Kier molecular flexibility index (Phi) is 7.12. The van der Waals surface area contributed by atoms with Gasteiger partial charge in [-0.3, -0.25) is 4.79 Å². The first kappa shape index (κ1) is 27.5. The van der Waals surface area contributed by atoms with Gasteiger partial charge in [-0.05, 0) is 48.2 Å². The standard InChI is InChI=1S/C27H35BF2N2O5S/c1-5-9-26-12-11-25(3,4)27(10-6-2,23(26)34)21(33)20-19(36-28(29,30)37-22(20)26)8-7-18-17-31-24(38-18)32-13-15-35-16-14-32/h5-8,17,20,22-23,34H,1-2,9-16H2,3-4H3/b18-7+,19-8-/t20?,22?,23?,26-,27+/m1/s1. The van der Waals surface area contributed by atoms with E-state index in [1.54, 1.807) is 24.4 Å². The van der Waals surface area contributed by atoms with Crippen LogP contribution in [0.3, 0.4) is 0 Å². The molecule has 5 aliphatic rings. The molecule has 38 heavy (non-hydrogen) atoms. The first-order valence-electron chi connectivity index (χ1n) is 13.2. The van der Waals surface area contributed by atoms with E-state index in [1.807, 2.05) is 13.8 Å².